The van der Waals surface area contributed by atoms with E-state index in [2.05, 4.69) is 5.32 Å². The Labute approximate surface area is 160 Å². The number of hydrogen-bond acceptors (Lipinski definition) is 3. The van der Waals surface area contributed by atoms with Crippen molar-refractivity contribution in [1.29, 1.82) is 0 Å². The minimum absolute atomic E-state index is 0.0200. The number of benzene rings is 2. The van der Waals surface area contributed by atoms with E-state index in [0.717, 1.165) is 29.1 Å². The maximum Gasteiger partial charge on any atom is 0.229 e. The third kappa shape index (κ3) is 4.88. The number of nitrogens with zero attached hydrogens (tertiary/aromatic N) is 1. The van der Waals surface area contributed by atoms with E-state index in [9.17, 15) is 9.59 Å². The fraction of sp³-hybridized carbons (Fsp3) is 0.364. The lowest BCUT2D eigenvalue weighted by Gasteiger charge is -2.19. The van der Waals surface area contributed by atoms with Crippen molar-refractivity contribution in [2.45, 2.75) is 33.1 Å². The van der Waals surface area contributed by atoms with Crippen LogP contribution in [0, 0.1) is 5.92 Å². The second-order valence-corrected chi connectivity index (χ2v) is 7.05. The molecule has 27 heavy (non-hydrogen) atoms. The summed E-state index contributed by atoms with van der Waals surface area (Å²) in [5.74, 6) is 0.911. The van der Waals surface area contributed by atoms with Crippen LogP contribution in [0.25, 0.3) is 0 Å². The van der Waals surface area contributed by atoms with E-state index < -0.39 is 0 Å². The van der Waals surface area contributed by atoms with Crippen LogP contribution in [0.2, 0.25) is 0 Å². The fourth-order valence-electron chi connectivity index (χ4n) is 3.18. The highest BCUT2D eigenvalue weighted by Gasteiger charge is 2.26. The van der Waals surface area contributed by atoms with Crippen LogP contribution in [0.15, 0.2) is 48.5 Å². The van der Waals surface area contributed by atoms with E-state index >= 15 is 0 Å². The van der Waals surface area contributed by atoms with Crippen molar-refractivity contribution in [3.05, 3.63) is 54.1 Å². The second kappa shape index (κ2) is 8.71. The quantitative estimate of drug-likeness (QED) is 0.753. The molecule has 2 aromatic carbocycles. The van der Waals surface area contributed by atoms with Crippen LogP contribution in [0.5, 0.6) is 5.75 Å². The zero-order valence-electron chi connectivity index (χ0n) is 15.9. The van der Waals surface area contributed by atoms with E-state index in [0.29, 0.717) is 26.0 Å². The average molecular weight is 366 g/mol. The summed E-state index contributed by atoms with van der Waals surface area (Å²) in [6.45, 7) is 5.04. The van der Waals surface area contributed by atoms with E-state index in [1.54, 1.807) is 0 Å². The third-order valence-electron chi connectivity index (χ3n) is 4.58. The molecule has 0 bridgehead atoms. The van der Waals surface area contributed by atoms with Crippen LogP contribution in [0.4, 0.5) is 11.4 Å². The summed E-state index contributed by atoms with van der Waals surface area (Å²) in [6.07, 6.45) is 1.88. The number of para-hydroxylation sites is 1. The normalized spacial score (nSPS) is 12.8. The summed E-state index contributed by atoms with van der Waals surface area (Å²) in [6, 6.07) is 15.4. The molecule has 1 heterocycles. The molecular formula is C22H26N2O3. The van der Waals surface area contributed by atoms with Crippen LogP contribution >= 0.6 is 0 Å². The molecular weight excluding hydrogens is 340 g/mol. The van der Waals surface area contributed by atoms with Crippen molar-refractivity contribution < 1.29 is 14.3 Å². The Hall–Kier alpha value is -2.82. The minimum atomic E-state index is -0.0280. The maximum absolute atomic E-state index is 12.3. The Balaban J connectivity index is 1.48. The zero-order valence-corrected chi connectivity index (χ0v) is 15.9. The first-order valence-corrected chi connectivity index (χ1v) is 9.46. The van der Waals surface area contributed by atoms with Gasteiger partial charge >= 0.3 is 0 Å². The molecule has 2 aromatic rings. The van der Waals surface area contributed by atoms with Gasteiger partial charge in [0.05, 0.1) is 6.61 Å². The van der Waals surface area contributed by atoms with E-state index in [1.807, 2.05) is 67.3 Å². The molecule has 0 spiro atoms. The summed E-state index contributed by atoms with van der Waals surface area (Å²) in [4.78, 5) is 26.3. The van der Waals surface area contributed by atoms with E-state index in [4.69, 9.17) is 4.74 Å². The first kappa shape index (κ1) is 19.0. The Kier molecular flexibility index (Phi) is 6.12. The number of amides is 2. The molecule has 3 rings (SSSR count). The molecule has 0 saturated heterocycles. The number of nitrogens with one attached hydrogen (secondary N) is 1. The minimum Gasteiger partial charge on any atom is -0.494 e. The summed E-state index contributed by atoms with van der Waals surface area (Å²) in [5.41, 5.74) is 2.85. The molecule has 0 fully saturated rings. The SMILES string of the molecule is CC(C)C(=O)N1CCc2cc(NC(=O)CCCOc3ccccc3)ccc21. The highest BCUT2D eigenvalue weighted by molar-refractivity contribution is 5.97. The Morgan fingerprint density at radius 2 is 1.93 bits per heavy atom. The van der Waals surface area contributed by atoms with Crippen molar-refractivity contribution >= 4 is 23.2 Å². The smallest absolute Gasteiger partial charge is 0.229 e. The third-order valence-corrected chi connectivity index (χ3v) is 4.58. The maximum atomic E-state index is 12.3. The number of rotatable bonds is 7. The molecule has 2 amide bonds. The lowest BCUT2D eigenvalue weighted by Crippen LogP contribution is -2.32. The molecule has 5 heteroatoms. The predicted octanol–water partition coefficient (Wildman–Crippen LogP) is 4.03. The van der Waals surface area contributed by atoms with Crippen LogP contribution in [0.3, 0.4) is 0 Å². The van der Waals surface area contributed by atoms with Gasteiger partial charge in [-0.05, 0) is 48.7 Å². The molecule has 0 radical (unpaired) electrons. The molecule has 1 aliphatic heterocycles. The van der Waals surface area contributed by atoms with Gasteiger partial charge in [0.25, 0.3) is 0 Å². The first-order chi connectivity index (χ1) is 13.0. The van der Waals surface area contributed by atoms with E-state index in [-0.39, 0.29) is 17.7 Å². The fourth-order valence-corrected chi connectivity index (χ4v) is 3.18. The Bertz CT molecular complexity index is 802. The van der Waals surface area contributed by atoms with Crippen molar-refractivity contribution in [3.63, 3.8) is 0 Å². The molecule has 1 N–H and O–H groups in total. The van der Waals surface area contributed by atoms with Crippen molar-refractivity contribution in [3.8, 4) is 5.75 Å². The summed E-state index contributed by atoms with van der Waals surface area (Å²) in [5, 5.41) is 2.94. The van der Waals surface area contributed by atoms with Crippen LogP contribution in [-0.4, -0.2) is 25.0 Å². The largest absolute Gasteiger partial charge is 0.494 e. The van der Waals surface area contributed by atoms with Gasteiger partial charge in [-0.3, -0.25) is 9.59 Å². The number of anilines is 2. The van der Waals surface area contributed by atoms with Gasteiger partial charge in [0.15, 0.2) is 0 Å². The Morgan fingerprint density at radius 1 is 1.15 bits per heavy atom. The zero-order chi connectivity index (χ0) is 19.2. The van der Waals surface area contributed by atoms with Gasteiger partial charge in [-0.1, -0.05) is 32.0 Å². The summed E-state index contributed by atoms with van der Waals surface area (Å²) >= 11 is 0. The van der Waals surface area contributed by atoms with E-state index in [1.165, 1.54) is 0 Å². The van der Waals surface area contributed by atoms with Crippen molar-refractivity contribution in [1.82, 2.24) is 0 Å². The van der Waals surface area contributed by atoms with Gasteiger partial charge in [-0.25, -0.2) is 0 Å². The Morgan fingerprint density at radius 3 is 2.67 bits per heavy atom. The molecule has 0 atom stereocenters. The van der Waals surface area contributed by atoms with Crippen LogP contribution in [0.1, 0.15) is 32.3 Å². The summed E-state index contributed by atoms with van der Waals surface area (Å²) in [7, 11) is 0. The van der Waals surface area contributed by atoms with Crippen molar-refractivity contribution in [2.24, 2.45) is 5.92 Å². The van der Waals surface area contributed by atoms with Gasteiger partial charge in [-0.2, -0.15) is 0 Å². The number of fused-ring (bicyclic) bond motifs is 1. The highest BCUT2D eigenvalue weighted by atomic mass is 16.5. The highest BCUT2D eigenvalue weighted by Crippen LogP contribution is 2.31. The lowest BCUT2D eigenvalue weighted by molar-refractivity contribution is -0.121. The van der Waals surface area contributed by atoms with Crippen LogP contribution < -0.4 is 15.0 Å². The van der Waals surface area contributed by atoms with Gasteiger partial charge in [-0.15, -0.1) is 0 Å². The van der Waals surface area contributed by atoms with Gasteiger partial charge in [0, 0.05) is 30.3 Å². The summed E-state index contributed by atoms with van der Waals surface area (Å²) < 4.78 is 5.60. The monoisotopic (exact) mass is 366 g/mol. The van der Waals surface area contributed by atoms with Crippen molar-refractivity contribution in [2.75, 3.05) is 23.4 Å². The molecule has 1 aliphatic rings. The number of hydrogen-bond donors (Lipinski definition) is 1. The first-order valence-electron chi connectivity index (χ1n) is 9.46. The predicted molar refractivity (Wildman–Crippen MR) is 107 cm³/mol. The molecule has 142 valence electrons. The standard InChI is InChI=1S/C22H26N2O3/c1-16(2)22(26)24-13-12-17-15-18(10-11-20(17)24)23-21(25)9-6-14-27-19-7-4-3-5-8-19/h3-5,7-8,10-11,15-16H,6,9,12-14H2,1-2H3,(H,23,25). The molecule has 0 unspecified atom stereocenters. The second-order valence-electron chi connectivity index (χ2n) is 7.05. The lowest BCUT2D eigenvalue weighted by atomic mass is 10.1. The topological polar surface area (TPSA) is 58.6 Å². The van der Waals surface area contributed by atoms with Crippen LogP contribution in [-0.2, 0) is 16.0 Å². The van der Waals surface area contributed by atoms with Gasteiger partial charge in [0.2, 0.25) is 11.8 Å². The molecule has 0 aromatic heterocycles. The number of carbonyl (C=O) groups is 2. The van der Waals surface area contributed by atoms with Gasteiger partial charge < -0.3 is 15.0 Å². The molecule has 0 aliphatic carbocycles. The average Bonchev–Trinajstić information content (AvgIpc) is 3.08. The molecule has 0 saturated carbocycles. The number of carbonyl (C=O) groups excluding carboxylic acids is 2. The molecule has 5 nitrogen and oxygen atoms in total. The number of ether oxygens (including phenoxy) is 1. The van der Waals surface area contributed by atoms with Gasteiger partial charge in [0.1, 0.15) is 5.75 Å².